The van der Waals surface area contributed by atoms with Crippen molar-refractivity contribution in [3.8, 4) is 6.07 Å². The van der Waals surface area contributed by atoms with Crippen LogP contribution >= 0.6 is 0 Å². The Morgan fingerprint density at radius 2 is 2.15 bits per heavy atom. The van der Waals surface area contributed by atoms with Gasteiger partial charge in [-0.1, -0.05) is 12.8 Å². The van der Waals surface area contributed by atoms with Gasteiger partial charge in [0.15, 0.2) is 0 Å². The lowest BCUT2D eigenvalue weighted by molar-refractivity contribution is 0.0155. The number of amides is 1. The predicted octanol–water partition coefficient (Wildman–Crippen LogP) is 1.64. The first-order valence-electron chi connectivity index (χ1n) is 6.81. The number of carbonyl (C=O) groups is 1. The molecular formula is C15H19N3O2. The lowest BCUT2D eigenvalue weighted by Crippen LogP contribution is -2.42. The van der Waals surface area contributed by atoms with Gasteiger partial charge in [-0.3, -0.25) is 4.79 Å². The summed E-state index contributed by atoms with van der Waals surface area (Å²) in [4.78, 5) is 18.0. The van der Waals surface area contributed by atoms with Gasteiger partial charge in [0.2, 0.25) is 0 Å². The van der Waals surface area contributed by atoms with Crippen LogP contribution in [0, 0.1) is 18.3 Å². The number of hydrogen-bond acceptors (Lipinski definition) is 4. The minimum atomic E-state index is -0.758. The molecule has 1 aromatic heterocycles. The Balaban J connectivity index is 2.10. The molecule has 0 aliphatic heterocycles. The molecule has 0 bridgehead atoms. The Kier molecular flexibility index (Phi) is 4.05. The zero-order chi connectivity index (χ0) is 14.8. The fourth-order valence-electron chi connectivity index (χ4n) is 2.70. The molecule has 0 spiro atoms. The first kappa shape index (κ1) is 14.5. The Labute approximate surface area is 118 Å². The number of pyridine rings is 1. The fraction of sp³-hybridized carbons (Fsp3) is 0.533. The lowest BCUT2D eigenvalue weighted by Gasteiger charge is -2.28. The first-order valence-corrected chi connectivity index (χ1v) is 6.81. The van der Waals surface area contributed by atoms with Crippen LogP contribution in [0.15, 0.2) is 12.1 Å². The molecular weight excluding hydrogens is 254 g/mol. The Hall–Kier alpha value is -1.93. The minimum absolute atomic E-state index is 0.224. The summed E-state index contributed by atoms with van der Waals surface area (Å²) in [5.74, 6) is -0.224. The molecule has 1 amide bonds. The second-order valence-electron chi connectivity index (χ2n) is 5.53. The number of likely N-dealkylation sites (N-methyl/N-ethyl adjacent to an activating group) is 1. The average Bonchev–Trinajstić information content (AvgIpc) is 2.84. The molecule has 1 aliphatic rings. The zero-order valence-electron chi connectivity index (χ0n) is 11.9. The number of rotatable bonds is 3. The van der Waals surface area contributed by atoms with Gasteiger partial charge in [-0.05, 0) is 31.9 Å². The highest BCUT2D eigenvalue weighted by atomic mass is 16.3. The third-order valence-corrected chi connectivity index (χ3v) is 3.84. The molecule has 1 heterocycles. The van der Waals surface area contributed by atoms with Crippen LogP contribution < -0.4 is 0 Å². The molecule has 0 aromatic carbocycles. The van der Waals surface area contributed by atoms with E-state index in [1.807, 2.05) is 6.07 Å². The third-order valence-electron chi connectivity index (χ3n) is 3.84. The van der Waals surface area contributed by atoms with E-state index in [-0.39, 0.29) is 5.91 Å². The zero-order valence-corrected chi connectivity index (χ0v) is 11.9. The molecule has 1 aliphatic carbocycles. The standard InChI is InChI=1S/C15H19N3O2/c1-11-12(9-16)5-6-13(17-11)14(19)18(2)10-15(20)7-3-4-8-15/h5-6,20H,3-4,7-8,10H2,1-2H3. The molecule has 0 radical (unpaired) electrons. The average molecular weight is 273 g/mol. The van der Waals surface area contributed by atoms with Crippen LogP contribution in [0.25, 0.3) is 0 Å². The van der Waals surface area contributed by atoms with Crippen molar-refractivity contribution in [3.63, 3.8) is 0 Å². The van der Waals surface area contributed by atoms with Crippen LogP contribution in [0.1, 0.15) is 47.4 Å². The summed E-state index contributed by atoms with van der Waals surface area (Å²) in [7, 11) is 1.67. The molecule has 0 atom stereocenters. The molecule has 1 saturated carbocycles. The SMILES string of the molecule is Cc1nc(C(=O)N(C)CC2(O)CCCC2)ccc1C#N. The largest absolute Gasteiger partial charge is 0.388 e. The minimum Gasteiger partial charge on any atom is -0.388 e. The van der Waals surface area contributed by atoms with Crippen molar-refractivity contribution in [2.75, 3.05) is 13.6 Å². The quantitative estimate of drug-likeness (QED) is 0.908. The monoisotopic (exact) mass is 273 g/mol. The Morgan fingerprint density at radius 3 is 2.70 bits per heavy atom. The van der Waals surface area contributed by atoms with E-state index in [2.05, 4.69) is 4.98 Å². The van der Waals surface area contributed by atoms with Gasteiger partial charge in [-0.15, -0.1) is 0 Å². The van der Waals surface area contributed by atoms with E-state index in [0.717, 1.165) is 25.7 Å². The summed E-state index contributed by atoms with van der Waals surface area (Å²) < 4.78 is 0. The molecule has 2 rings (SSSR count). The van der Waals surface area contributed by atoms with Gasteiger partial charge in [0.25, 0.3) is 5.91 Å². The molecule has 5 nitrogen and oxygen atoms in total. The van der Waals surface area contributed by atoms with Crippen molar-refractivity contribution in [3.05, 3.63) is 29.1 Å². The van der Waals surface area contributed by atoms with Gasteiger partial charge in [0.1, 0.15) is 11.8 Å². The summed E-state index contributed by atoms with van der Waals surface area (Å²) in [6.07, 6.45) is 3.49. The summed E-state index contributed by atoms with van der Waals surface area (Å²) in [5, 5.41) is 19.2. The van der Waals surface area contributed by atoms with Crippen LogP contribution in [0.3, 0.4) is 0 Å². The van der Waals surface area contributed by atoms with E-state index in [1.165, 1.54) is 4.90 Å². The predicted molar refractivity (Wildman–Crippen MR) is 74.1 cm³/mol. The number of nitrogens with zero attached hydrogens (tertiary/aromatic N) is 3. The Morgan fingerprint density at radius 1 is 1.50 bits per heavy atom. The van der Waals surface area contributed by atoms with Gasteiger partial charge < -0.3 is 10.0 Å². The van der Waals surface area contributed by atoms with Crippen LogP contribution in [-0.4, -0.2) is 40.1 Å². The van der Waals surface area contributed by atoms with E-state index in [1.54, 1.807) is 26.1 Å². The van der Waals surface area contributed by atoms with Crippen LogP contribution in [0.2, 0.25) is 0 Å². The number of carbonyl (C=O) groups excluding carboxylic acids is 1. The number of aliphatic hydroxyl groups is 1. The highest BCUT2D eigenvalue weighted by molar-refractivity contribution is 5.92. The van der Waals surface area contributed by atoms with Gasteiger partial charge in [-0.25, -0.2) is 4.98 Å². The maximum Gasteiger partial charge on any atom is 0.272 e. The molecule has 20 heavy (non-hydrogen) atoms. The second kappa shape index (κ2) is 5.59. The van der Waals surface area contributed by atoms with Crippen molar-refractivity contribution < 1.29 is 9.90 Å². The van der Waals surface area contributed by atoms with Crippen molar-refractivity contribution in [2.24, 2.45) is 0 Å². The molecule has 1 aromatic rings. The summed E-state index contributed by atoms with van der Waals surface area (Å²) in [5.41, 5.74) is 0.571. The first-order chi connectivity index (χ1) is 9.45. The Bertz CT molecular complexity index is 557. The lowest BCUT2D eigenvalue weighted by atomic mass is 10.0. The second-order valence-corrected chi connectivity index (χ2v) is 5.53. The van der Waals surface area contributed by atoms with E-state index in [0.29, 0.717) is 23.5 Å². The van der Waals surface area contributed by atoms with Crippen molar-refractivity contribution in [1.29, 1.82) is 5.26 Å². The number of nitriles is 1. The van der Waals surface area contributed by atoms with E-state index in [4.69, 9.17) is 5.26 Å². The van der Waals surface area contributed by atoms with Crippen LogP contribution in [-0.2, 0) is 0 Å². The van der Waals surface area contributed by atoms with Crippen LogP contribution in [0.4, 0.5) is 0 Å². The molecule has 0 saturated heterocycles. The molecule has 0 unspecified atom stereocenters. The number of hydrogen-bond donors (Lipinski definition) is 1. The molecule has 1 N–H and O–H groups in total. The van der Waals surface area contributed by atoms with Gasteiger partial charge in [-0.2, -0.15) is 5.26 Å². The molecule has 5 heteroatoms. The normalized spacial score (nSPS) is 16.7. The number of aromatic nitrogens is 1. The van der Waals surface area contributed by atoms with Gasteiger partial charge >= 0.3 is 0 Å². The maximum absolute atomic E-state index is 12.3. The maximum atomic E-state index is 12.3. The smallest absolute Gasteiger partial charge is 0.272 e. The highest BCUT2D eigenvalue weighted by Crippen LogP contribution is 2.30. The van der Waals surface area contributed by atoms with Crippen molar-refractivity contribution >= 4 is 5.91 Å². The third kappa shape index (κ3) is 2.97. The highest BCUT2D eigenvalue weighted by Gasteiger charge is 2.33. The van der Waals surface area contributed by atoms with Crippen molar-refractivity contribution in [2.45, 2.75) is 38.2 Å². The van der Waals surface area contributed by atoms with Crippen LogP contribution in [0.5, 0.6) is 0 Å². The molecule has 1 fully saturated rings. The summed E-state index contributed by atoms with van der Waals surface area (Å²) in [6, 6.07) is 5.19. The molecule has 106 valence electrons. The van der Waals surface area contributed by atoms with Gasteiger partial charge in [0, 0.05) is 13.6 Å². The number of aryl methyl sites for hydroxylation is 1. The topological polar surface area (TPSA) is 77.2 Å². The van der Waals surface area contributed by atoms with E-state index >= 15 is 0 Å². The van der Waals surface area contributed by atoms with E-state index < -0.39 is 5.60 Å². The van der Waals surface area contributed by atoms with E-state index in [9.17, 15) is 9.90 Å². The van der Waals surface area contributed by atoms with Gasteiger partial charge in [0.05, 0.1) is 16.9 Å². The van der Waals surface area contributed by atoms with Crippen molar-refractivity contribution in [1.82, 2.24) is 9.88 Å². The summed E-state index contributed by atoms with van der Waals surface area (Å²) in [6.45, 7) is 2.03. The summed E-state index contributed by atoms with van der Waals surface area (Å²) >= 11 is 0. The fourth-order valence-corrected chi connectivity index (χ4v) is 2.70.